The van der Waals surface area contributed by atoms with Crippen LogP contribution in [0.4, 0.5) is 8.78 Å². The van der Waals surface area contributed by atoms with Gasteiger partial charge in [0.05, 0.1) is 13.0 Å². The lowest BCUT2D eigenvalue weighted by Gasteiger charge is -2.40. The minimum Gasteiger partial charge on any atom is -0.481 e. The fourth-order valence-corrected chi connectivity index (χ4v) is 2.13. The van der Waals surface area contributed by atoms with E-state index in [-0.39, 0.29) is 30.8 Å². The van der Waals surface area contributed by atoms with Crippen molar-refractivity contribution in [2.75, 3.05) is 19.8 Å². The van der Waals surface area contributed by atoms with Gasteiger partial charge in [0, 0.05) is 13.0 Å². The van der Waals surface area contributed by atoms with Crippen molar-refractivity contribution in [1.29, 1.82) is 0 Å². The summed E-state index contributed by atoms with van der Waals surface area (Å²) in [6.07, 6.45) is 0.0890. The maximum Gasteiger partial charge on any atom is 0.303 e. The molecule has 0 spiro atoms. The number of aliphatic carboxylic acids is 1. The first-order valence-corrected chi connectivity index (χ1v) is 6.28. The monoisotopic (exact) mass is 279 g/mol. The van der Waals surface area contributed by atoms with Crippen molar-refractivity contribution >= 4 is 11.9 Å². The predicted octanol–water partition coefficient (Wildman–Crippen LogP) is 1.42. The van der Waals surface area contributed by atoms with Crippen molar-refractivity contribution in [1.82, 2.24) is 5.32 Å². The van der Waals surface area contributed by atoms with Crippen molar-refractivity contribution in [2.45, 2.75) is 38.5 Å². The maximum atomic E-state index is 11.8. The van der Waals surface area contributed by atoms with Gasteiger partial charge >= 0.3 is 5.97 Å². The van der Waals surface area contributed by atoms with Gasteiger partial charge in [0.1, 0.15) is 6.61 Å². The van der Waals surface area contributed by atoms with Crippen LogP contribution in [0.5, 0.6) is 0 Å². The van der Waals surface area contributed by atoms with E-state index >= 15 is 0 Å². The Labute approximate surface area is 110 Å². The second-order valence-corrected chi connectivity index (χ2v) is 4.92. The van der Waals surface area contributed by atoms with Gasteiger partial charge in [-0.1, -0.05) is 6.42 Å². The van der Waals surface area contributed by atoms with Crippen LogP contribution < -0.4 is 5.32 Å². The Kier molecular flexibility index (Phi) is 6.14. The summed E-state index contributed by atoms with van der Waals surface area (Å²) in [5.74, 6) is -1.17. The lowest BCUT2D eigenvalue weighted by atomic mass is 9.66. The topological polar surface area (TPSA) is 75.6 Å². The van der Waals surface area contributed by atoms with Gasteiger partial charge < -0.3 is 15.2 Å². The second-order valence-electron chi connectivity index (χ2n) is 4.92. The molecule has 0 unspecified atom stereocenters. The Bertz CT molecular complexity index is 319. The molecule has 5 nitrogen and oxygen atoms in total. The first-order chi connectivity index (χ1) is 8.93. The standard InChI is InChI=1S/C12H19F2NO4/c13-9(14)7-19-5-2-10(16)15-8-12(3-1-4-12)6-11(17)18/h9H,1-8H2,(H,15,16)(H,17,18). The smallest absolute Gasteiger partial charge is 0.303 e. The van der Waals surface area contributed by atoms with Gasteiger partial charge in [-0.2, -0.15) is 0 Å². The molecule has 0 heterocycles. The molecule has 1 aliphatic carbocycles. The number of alkyl halides is 2. The van der Waals surface area contributed by atoms with Crippen LogP contribution in [0.2, 0.25) is 0 Å². The van der Waals surface area contributed by atoms with Crippen LogP contribution in [0, 0.1) is 5.41 Å². The number of nitrogens with one attached hydrogen (secondary N) is 1. The van der Waals surface area contributed by atoms with Crippen molar-refractivity contribution < 1.29 is 28.2 Å². The molecular weight excluding hydrogens is 260 g/mol. The number of rotatable bonds is 9. The Morgan fingerprint density at radius 1 is 1.37 bits per heavy atom. The van der Waals surface area contributed by atoms with Crippen molar-refractivity contribution in [3.63, 3.8) is 0 Å². The lowest BCUT2D eigenvalue weighted by Crippen LogP contribution is -2.43. The highest BCUT2D eigenvalue weighted by Gasteiger charge is 2.39. The number of carbonyl (C=O) groups excluding carboxylic acids is 1. The van der Waals surface area contributed by atoms with Crippen molar-refractivity contribution in [3.05, 3.63) is 0 Å². The van der Waals surface area contributed by atoms with Crippen LogP contribution >= 0.6 is 0 Å². The summed E-state index contributed by atoms with van der Waals surface area (Å²) in [6, 6.07) is 0. The predicted molar refractivity (Wildman–Crippen MR) is 63.0 cm³/mol. The van der Waals surface area contributed by atoms with Gasteiger partial charge in [-0.25, -0.2) is 8.78 Å². The quantitative estimate of drug-likeness (QED) is 0.626. The average Bonchev–Trinajstić information content (AvgIpc) is 2.27. The molecule has 1 aliphatic rings. The van der Waals surface area contributed by atoms with E-state index < -0.39 is 19.0 Å². The summed E-state index contributed by atoms with van der Waals surface area (Å²) in [6.45, 7) is -0.398. The number of carboxylic acid groups (broad SMARTS) is 1. The highest BCUT2D eigenvalue weighted by molar-refractivity contribution is 5.76. The molecule has 110 valence electrons. The SMILES string of the molecule is O=C(O)CC1(CNC(=O)CCOCC(F)F)CCC1. The summed E-state index contributed by atoms with van der Waals surface area (Å²) in [4.78, 5) is 22.2. The van der Waals surface area contributed by atoms with E-state index in [1.54, 1.807) is 0 Å². The normalized spacial score (nSPS) is 17.0. The van der Waals surface area contributed by atoms with E-state index in [9.17, 15) is 18.4 Å². The fraction of sp³-hybridized carbons (Fsp3) is 0.833. The van der Waals surface area contributed by atoms with Crippen LogP contribution in [-0.4, -0.2) is 43.2 Å². The Balaban J connectivity index is 2.16. The molecule has 0 atom stereocenters. The third-order valence-electron chi connectivity index (χ3n) is 3.32. The van der Waals surface area contributed by atoms with Gasteiger partial charge in [0.25, 0.3) is 6.43 Å². The molecule has 0 aromatic carbocycles. The Hall–Kier alpha value is -1.24. The van der Waals surface area contributed by atoms with Gasteiger partial charge in [0.2, 0.25) is 5.91 Å². The average molecular weight is 279 g/mol. The third-order valence-corrected chi connectivity index (χ3v) is 3.32. The van der Waals surface area contributed by atoms with Crippen molar-refractivity contribution in [3.8, 4) is 0 Å². The van der Waals surface area contributed by atoms with Crippen LogP contribution in [-0.2, 0) is 14.3 Å². The first-order valence-electron chi connectivity index (χ1n) is 6.28. The van der Waals surface area contributed by atoms with Crippen LogP contribution in [0.25, 0.3) is 0 Å². The number of hydrogen-bond acceptors (Lipinski definition) is 3. The number of amides is 1. The van der Waals surface area contributed by atoms with E-state index in [2.05, 4.69) is 10.1 Å². The minimum atomic E-state index is -2.53. The molecule has 0 aromatic heterocycles. The summed E-state index contributed by atoms with van der Waals surface area (Å²) in [5, 5.41) is 11.5. The van der Waals surface area contributed by atoms with Gasteiger partial charge in [-0.05, 0) is 18.3 Å². The van der Waals surface area contributed by atoms with E-state index in [1.807, 2.05) is 0 Å². The maximum absolute atomic E-state index is 11.8. The molecule has 0 saturated heterocycles. The molecule has 0 bridgehead atoms. The minimum absolute atomic E-state index is 0.00979. The molecule has 1 amide bonds. The summed E-state index contributed by atoms with van der Waals surface area (Å²) >= 11 is 0. The zero-order valence-electron chi connectivity index (χ0n) is 10.7. The van der Waals surface area contributed by atoms with Crippen LogP contribution in [0.3, 0.4) is 0 Å². The van der Waals surface area contributed by atoms with Crippen molar-refractivity contribution in [2.24, 2.45) is 5.41 Å². The third kappa shape index (κ3) is 5.96. The summed E-state index contributed by atoms with van der Waals surface area (Å²) in [5.41, 5.74) is -0.328. The Morgan fingerprint density at radius 2 is 2.05 bits per heavy atom. The van der Waals surface area contributed by atoms with E-state index in [1.165, 1.54) is 0 Å². The molecule has 2 N–H and O–H groups in total. The van der Waals surface area contributed by atoms with Gasteiger partial charge in [-0.15, -0.1) is 0 Å². The molecule has 1 fully saturated rings. The van der Waals surface area contributed by atoms with Crippen LogP contribution in [0.1, 0.15) is 32.1 Å². The molecule has 0 radical (unpaired) electrons. The lowest BCUT2D eigenvalue weighted by molar-refractivity contribution is -0.142. The van der Waals surface area contributed by atoms with Gasteiger partial charge in [-0.3, -0.25) is 9.59 Å². The number of halogens is 2. The molecule has 1 rings (SSSR count). The fourth-order valence-electron chi connectivity index (χ4n) is 2.13. The molecular formula is C12H19F2NO4. The molecule has 7 heteroatoms. The van der Waals surface area contributed by atoms with E-state index in [4.69, 9.17) is 5.11 Å². The number of ether oxygens (including phenoxy) is 1. The zero-order chi connectivity index (χ0) is 14.3. The van der Waals surface area contributed by atoms with Gasteiger partial charge in [0.15, 0.2) is 0 Å². The molecule has 1 saturated carbocycles. The number of carbonyl (C=O) groups is 2. The molecule has 0 aromatic rings. The highest BCUT2D eigenvalue weighted by Crippen LogP contribution is 2.43. The number of hydrogen-bond donors (Lipinski definition) is 2. The second kappa shape index (κ2) is 7.37. The zero-order valence-corrected chi connectivity index (χ0v) is 10.7. The first kappa shape index (κ1) is 15.8. The molecule has 19 heavy (non-hydrogen) atoms. The van der Waals surface area contributed by atoms with Crippen LogP contribution in [0.15, 0.2) is 0 Å². The summed E-state index contributed by atoms with van der Waals surface area (Å²) in [7, 11) is 0. The highest BCUT2D eigenvalue weighted by atomic mass is 19.3. The van der Waals surface area contributed by atoms with E-state index in [0.717, 1.165) is 19.3 Å². The number of carboxylic acids is 1. The molecule has 0 aliphatic heterocycles. The largest absolute Gasteiger partial charge is 0.481 e. The summed E-state index contributed by atoms with van der Waals surface area (Å²) < 4.78 is 28.1. The Morgan fingerprint density at radius 3 is 2.53 bits per heavy atom. The van der Waals surface area contributed by atoms with E-state index in [0.29, 0.717) is 6.54 Å².